The van der Waals surface area contributed by atoms with Crippen LogP contribution in [0.2, 0.25) is 0 Å². The van der Waals surface area contributed by atoms with Crippen LogP contribution in [0.5, 0.6) is 0 Å². The van der Waals surface area contributed by atoms with Crippen LogP contribution < -0.4 is 0 Å². The van der Waals surface area contributed by atoms with Gasteiger partial charge in [0, 0.05) is 117 Å². The Morgan fingerprint density at radius 1 is 0.154 bits per heavy atom. The average molecular weight is 1530 g/mol. The number of rotatable bonds is 13. The Bertz CT molecular complexity index is 5880. The lowest BCUT2D eigenvalue weighted by Crippen LogP contribution is -2.01. The minimum atomic E-state index is 0.566. The topological polar surface area (TPSA) is 284 Å². The van der Waals surface area contributed by atoms with Crippen molar-refractivity contribution in [2.75, 3.05) is 0 Å². The van der Waals surface area contributed by atoms with Crippen LogP contribution in [0.4, 0.5) is 0 Å². The molecule has 0 saturated carbocycles. The van der Waals surface area contributed by atoms with Gasteiger partial charge >= 0.3 is 0 Å². The molecular formula is C95H78N22. The Morgan fingerprint density at radius 3 is 0.812 bits per heavy atom. The second kappa shape index (κ2) is 37.6. The first-order valence-electron chi connectivity index (χ1n) is 37.7. The molecule has 0 bridgehead atoms. The Morgan fingerprint density at radius 2 is 0.453 bits per heavy atom. The van der Waals surface area contributed by atoms with E-state index in [4.69, 9.17) is 15.0 Å². The molecule has 0 spiro atoms. The van der Waals surface area contributed by atoms with Crippen molar-refractivity contribution in [1.29, 1.82) is 0 Å². The van der Waals surface area contributed by atoms with Crippen LogP contribution in [0.25, 0.3) is 147 Å². The van der Waals surface area contributed by atoms with Crippen molar-refractivity contribution in [3.63, 3.8) is 0 Å². The highest BCUT2D eigenvalue weighted by Crippen LogP contribution is 2.33. The minimum absolute atomic E-state index is 0.566. The number of hydrogen-bond acceptors (Lipinski definition) is 22. The summed E-state index contributed by atoms with van der Waals surface area (Å²) >= 11 is 0. The Hall–Kier alpha value is -15.6. The molecule has 0 atom stereocenters. The van der Waals surface area contributed by atoms with Gasteiger partial charge in [-0.05, 0) is 157 Å². The number of pyridine rings is 3. The molecule has 10 aromatic heterocycles. The molecule has 8 aromatic carbocycles. The Balaban J connectivity index is 0.000000129. The molecule has 0 saturated heterocycles. The third-order valence-corrected chi connectivity index (χ3v) is 17.9. The molecule has 0 radical (unpaired) electrons. The quantitative estimate of drug-likeness (QED) is 0.104. The van der Waals surface area contributed by atoms with Gasteiger partial charge in [0.15, 0.2) is 40.8 Å². The van der Waals surface area contributed by atoms with Gasteiger partial charge in [0.25, 0.3) is 0 Å². The van der Waals surface area contributed by atoms with Crippen LogP contribution in [0, 0.1) is 62.3 Å². The van der Waals surface area contributed by atoms with Crippen LogP contribution in [0.1, 0.15) is 52.2 Å². The van der Waals surface area contributed by atoms with Gasteiger partial charge < -0.3 is 0 Å². The van der Waals surface area contributed by atoms with E-state index in [9.17, 15) is 0 Å². The summed E-state index contributed by atoms with van der Waals surface area (Å²) in [4.78, 5) is 96.6. The van der Waals surface area contributed by atoms with Gasteiger partial charge in [-0.25, -0.2) is 74.8 Å². The van der Waals surface area contributed by atoms with Crippen LogP contribution in [0.15, 0.2) is 311 Å². The van der Waals surface area contributed by atoms with E-state index in [0.717, 1.165) is 159 Å². The van der Waals surface area contributed by atoms with E-state index >= 15 is 0 Å². The van der Waals surface area contributed by atoms with Crippen molar-refractivity contribution in [3.8, 4) is 147 Å². The van der Waals surface area contributed by atoms with Gasteiger partial charge in [-0.2, -0.15) is 0 Å². The van der Waals surface area contributed by atoms with Crippen LogP contribution in [0.3, 0.4) is 0 Å². The molecule has 0 aliphatic heterocycles. The molecule has 22 heteroatoms. The zero-order valence-corrected chi connectivity index (χ0v) is 65.8. The number of nitrogens with zero attached hydrogens (tertiary/aromatic N) is 22. The molecular weight excluding hydrogens is 1450 g/mol. The lowest BCUT2D eigenvalue weighted by atomic mass is 10.0. The third-order valence-electron chi connectivity index (χ3n) is 17.9. The fraction of sp³-hybridized carbons (Fsp3) is 0.0947. The first kappa shape index (κ1) is 78.1. The molecule has 0 unspecified atom stereocenters. The standard InChI is InChI=1S/C36H25N7.3C16H14N4.C11H11N3/c1-24-11-13-25(14-12-24)26-5-2-8-29(19-26)34-41-35(30-9-3-6-27(20-30)32-22-37-15-17-39-32)43-36(42-34)31-10-4-7-28(21-31)33-23-38-16-18-40-33;1-11-18-12(2)20-16(19-11)14-6-3-5-13(9-14)15-7-4-8-17-10-15;1-11-18-12(2)20-16(19-11)14-7-5-6-13(10-14)15-8-3-4-9-17-15;1-11-18-12(2)20-16(19-11)15-5-3-4-14(10-15)13-6-8-17-9-7-13;1-8-12-9(2)14-11(13-8)10-6-4-3-5-7-10/h2-23H,1H3;3*3-10H,1-2H3;3-7H,1-2H3. The summed E-state index contributed by atoms with van der Waals surface area (Å²) in [6, 6.07) is 81.0. The molecule has 10 heterocycles. The molecule has 18 rings (SSSR count). The van der Waals surface area contributed by atoms with Crippen molar-refractivity contribution >= 4 is 0 Å². The first-order chi connectivity index (χ1) is 57.1. The van der Waals surface area contributed by atoms with Gasteiger partial charge in [-0.1, -0.05) is 181 Å². The summed E-state index contributed by atoms with van der Waals surface area (Å²) in [5.41, 5.74) is 19.9. The second-order valence-corrected chi connectivity index (χ2v) is 26.9. The maximum Gasteiger partial charge on any atom is 0.164 e. The fourth-order valence-corrected chi connectivity index (χ4v) is 12.5. The summed E-state index contributed by atoms with van der Waals surface area (Å²) in [5, 5.41) is 0. The van der Waals surface area contributed by atoms with E-state index in [1.54, 1.807) is 62.0 Å². The van der Waals surface area contributed by atoms with E-state index in [1.807, 2.05) is 238 Å². The molecule has 0 aliphatic rings. The molecule has 117 heavy (non-hydrogen) atoms. The predicted molar refractivity (Wildman–Crippen MR) is 457 cm³/mol. The van der Waals surface area contributed by atoms with Crippen molar-refractivity contribution in [3.05, 3.63) is 363 Å². The SMILES string of the molecule is Cc1ccc(-c2cccc(-c3nc(-c4cccc(-c5cnccn5)c4)nc(-c4cccc(-c5cnccn5)c4)n3)c2)cc1.Cc1nc(C)nc(-c2cccc(-c3ccccn3)c2)n1.Cc1nc(C)nc(-c2cccc(-c3cccnc3)c2)n1.Cc1nc(C)nc(-c2cccc(-c3ccncc3)c2)n1.Cc1nc(C)nc(-c2ccccc2)n1. The number of aryl methyl sites for hydroxylation is 9. The highest BCUT2D eigenvalue weighted by Gasteiger charge is 2.17. The normalized spacial score (nSPS) is 10.6. The maximum absolute atomic E-state index is 4.98. The highest BCUT2D eigenvalue weighted by molar-refractivity contribution is 5.77. The molecule has 0 N–H and O–H groups in total. The number of aromatic nitrogens is 22. The van der Waals surface area contributed by atoms with Crippen molar-refractivity contribution in [2.45, 2.75) is 62.3 Å². The second-order valence-electron chi connectivity index (χ2n) is 26.9. The summed E-state index contributed by atoms with van der Waals surface area (Å²) < 4.78 is 0. The Kier molecular flexibility index (Phi) is 25.1. The van der Waals surface area contributed by atoms with Crippen LogP contribution in [-0.2, 0) is 0 Å². The van der Waals surface area contributed by atoms with Gasteiger partial charge in [0.1, 0.15) is 46.6 Å². The van der Waals surface area contributed by atoms with Gasteiger partial charge in [-0.15, -0.1) is 0 Å². The molecule has 568 valence electrons. The summed E-state index contributed by atoms with van der Waals surface area (Å²) in [5.74, 6) is 10.5. The maximum atomic E-state index is 4.98. The number of benzene rings is 8. The van der Waals surface area contributed by atoms with Gasteiger partial charge in [0.2, 0.25) is 0 Å². The van der Waals surface area contributed by atoms with Crippen molar-refractivity contribution in [1.82, 2.24) is 110 Å². The summed E-state index contributed by atoms with van der Waals surface area (Å²) in [6.45, 7) is 17.1. The molecule has 0 fully saturated rings. The summed E-state index contributed by atoms with van der Waals surface area (Å²) in [7, 11) is 0. The highest BCUT2D eigenvalue weighted by atomic mass is 15.1. The largest absolute Gasteiger partial charge is 0.265 e. The number of hydrogen-bond donors (Lipinski definition) is 0. The summed E-state index contributed by atoms with van der Waals surface area (Å²) in [6.07, 6.45) is 19.2. The molecule has 0 aliphatic carbocycles. The average Bonchev–Trinajstić information content (AvgIpc) is 0.790. The fourth-order valence-electron chi connectivity index (χ4n) is 12.5. The van der Waals surface area contributed by atoms with Crippen molar-refractivity contribution < 1.29 is 0 Å². The van der Waals surface area contributed by atoms with E-state index in [-0.39, 0.29) is 0 Å². The zero-order valence-electron chi connectivity index (χ0n) is 65.8. The molecule has 0 amide bonds. The minimum Gasteiger partial charge on any atom is -0.265 e. The zero-order chi connectivity index (χ0) is 80.8. The lowest BCUT2D eigenvalue weighted by molar-refractivity contribution is 0.928. The molecule has 18 aromatic rings. The van der Waals surface area contributed by atoms with Gasteiger partial charge in [-0.3, -0.25) is 34.9 Å². The Labute approximate surface area is 678 Å². The lowest BCUT2D eigenvalue weighted by Gasteiger charge is -2.11. The first-order valence-corrected chi connectivity index (χ1v) is 37.7. The van der Waals surface area contributed by atoms with E-state index in [1.165, 1.54) is 5.56 Å². The third kappa shape index (κ3) is 21.2. The van der Waals surface area contributed by atoms with Crippen LogP contribution >= 0.6 is 0 Å². The molecule has 22 nitrogen and oxygen atoms in total. The van der Waals surface area contributed by atoms with E-state index in [0.29, 0.717) is 34.9 Å². The predicted octanol–water partition coefficient (Wildman–Crippen LogP) is 19.6. The van der Waals surface area contributed by atoms with Crippen molar-refractivity contribution in [2.24, 2.45) is 0 Å². The smallest absolute Gasteiger partial charge is 0.164 e. The van der Waals surface area contributed by atoms with E-state index in [2.05, 4.69) is 168 Å². The van der Waals surface area contributed by atoms with Crippen LogP contribution in [-0.4, -0.2) is 110 Å². The monoisotopic (exact) mass is 1530 g/mol. The van der Waals surface area contributed by atoms with Gasteiger partial charge in [0.05, 0.1) is 29.5 Å². The van der Waals surface area contributed by atoms with E-state index < -0.39 is 0 Å².